The first-order chi connectivity index (χ1) is 8.22. The average Bonchev–Trinajstić information content (AvgIpc) is 2.76. The second-order valence-corrected chi connectivity index (χ2v) is 4.94. The van der Waals surface area contributed by atoms with Crippen LogP contribution in [-0.2, 0) is 11.3 Å². The van der Waals surface area contributed by atoms with E-state index in [-0.39, 0.29) is 11.9 Å². The van der Waals surface area contributed by atoms with Gasteiger partial charge in [-0.2, -0.15) is 0 Å². The Morgan fingerprint density at radius 2 is 2.53 bits per heavy atom. The van der Waals surface area contributed by atoms with E-state index in [2.05, 4.69) is 16.9 Å². The minimum Gasteiger partial charge on any atom is -0.335 e. The molecule has 2 rings (SSSR count). The zero-order valence-electron chi connectivity index (χ0n) is 9.98. The second kappa shape index (κ2) is 5.42. The van der Waals surface area contributed by atoms with Crippen molar-refractivity contribution >= 4 is 17.2 Å². The Morgan fingerprint density at radius 1 is 1.71 bits per heavy atom. The van der Waals surface area contributed by atoms with Gasteiger partial charge < -0.3 is 10.2 Å². The fourth-order valence-corrected chi connectivity index (χ4v) is 2.65. The molecular weight excluding hydrogens is 234 g/mol. The maximum absolute atomic E-state index is 12.3. The molecule has 1 saturated heterocycles. The largest absolute Gasteiger partial charge is 0.335 e. The van der Waals surface area contributed by atoms with Crippen molar-refractivity contribution in [2.45, 2.75) is 25.4 Å². The highest BCUT2D eigenvalue weighted by molar-refractivity contribution is 7.07. The van der Waals surface area contributed by atoms with Crippen LogP contribution in [0.2, 0.25) is 0 Å². The van der Waals surface area contributed by atoms with Gasteiger partial charge in [0.25, 0.3) is 0 Å². The molecule has 0 radical (unpaired) electrons. The highest BCUT2D eigenvalue weighted by atomic mass is 32.1. The molecular formula is C12H17N3OS. The number of carbonyl (C=O) groups excluding carboxylic acids is 1. The van der Waals surface area contributed by atoms with Crippen LogP contribution in [0, 0.1) is 0 Å². The Balaban J connectivity index is 2.11. The van der Waals surface area contributed by atoms with Crippen LogP contribution >= 0.6 is 11.3 Å². The Morgan fingerprint density at radius 3 is 3.18 bits per heavy atom. The van der Waals surface area contributed by atoms with E-state index in [1.807, 2.05) is 10.3 Å². The molecule has 2 heterocycles. The summed E-state index contributed by atoms with van der Waals surface area (Å²) >= 11 is 1.56. The van der Waals surface area contributed by atoms with Crippen LogP contribution in [0.25, 0.3) is 0 Å². The highest BCUT2D eigenvalue weighted by Crippen LogP contribution is 2.18. The zero-order valence-corrected chi connectivity index (χ0v) is 10.8. The van der Waals surface area contributed by atoms with Crippen molar-refractivity contribution < 1.29 is 4.79 Å². The predicted octanol–water partition coefficient (Wildman–Crippen LogP) is 1.41. The van der Waals surface area contributed by atoms with Crippen molar-refractivity contribution in [2.75, 3.05) is 13.6 Å². The monoisotopic (exact) mass is 251 g/mol. The van der Waals surface area contributed by atoms with Gasteiger partial charge >= 0.3 is 0 Å². The predicted molar refractivity (Wildman–Crippen MR) is 68.8 cm³/mol. The molecule has 1 aliphatic rings. The van der Waals surface area contributed by atoms with Gasteiger partial charge in [-0.1, -0.05) is 12.2 Å². The standard InChI is InChI=1S/C12H17N3OS/c1-9-4-3-5-15(12(16)11(9)13-2)6-10-7-17-8-14-10/h7-8,11,13H,1,3-6H2,2H3. The van der Waals surface area contributed by atoms with Gasteiger partial charge in [-0.15, -0.1) is 11.3 Å². The number of nitrogens with one attached hydrogen (secondary N) is 1. The second-order valence-electron chi connectivity index (χ2n) is 4.22. The Labute approximate surface area is 105 Å². The van der Waals surface area contributed by atoms with Gasteiger partial charge in [0, 0.05) is 11.9 Å². The summed E-state index contributed by atoms with van der Waals surface area (Å²) < 4.78 is 0. The smallest absolute Gasteiger partial charge is 0.244 e. The van der Waals surface area contributed by atoms with Crippen molar-refractivity contribution in [2.24, 2.45) is 0 Å². The third-order valence-corrected chi connectivity index (χ3v) is 3.65. The summed E-state index contributed by atoms with van der Waals surface area (Å²) in [5.74, 6) is 0.114. The fraction of sp³-hybridized carbons (Fsp3) is 0.500. The Hall–Kier alpha value is -1.20. The number of hydrogen-bond donors (Lipinski definition) is 1. The lowest BCUT2D eigenvalue weighted by Crippen LogP contribution is -2.44. The lowest BCUT2D eigenvalue weighted by atomic mass is 10.1. The number of nitrogens with zero attached hydrogens (tertiary/aromatic N) is 2. The normalized spacial score (nSPS) is 21.7. The molecule has 0 aromatic carbocycles. The van der Waals surface area contributed by atoms with Crippen LogP contribution in [0.15, 0.2) is 23.0 Å². The van der Waals surface area contributed by atoms with E-state index in [1.54, 1.807) is 23.9 Å². The highest BCUT2D eigenvalue weighted by Gasteiger charge is 2.28. The van der Waals surface area contributed by atoms with Crippen LogP contribution in [0.4, 0.5) is 0 Å². The molecule has 1 fully saturated rings. The summed E-state index contributed by atoms with van der Waals surface area (Å²) in [7, 11) is 1.81. The molecule has 1 amide bonds. The molecule has 1 aromatic rings. The lowest BCUT2D eigenvalue weighted by Gasteiger charge is -2.23. The Kier molecular flexibility index (Phi) is 3.91. The van der Waals surface area contributed by atoms with E-state index in [9.17, 15) is 4.79 Å². The van der Waals surface area contributed by atoms with Crippen LogP contribution < -0.4 is 5.32 Å². The number of aromatic nitrogens is 1. The van der Waals surface area contributed by atoms with Gasteiger partial charge in [0.05, 0.1) is 17.7 Å². The van der Waals surface area contributed by atoms with Gasteiger partial charge in [0.15, 0.2) is 0 Å². The quantitative estimate of drug-likeness (QED) is 0.826. The molecule has 1 atom stereocenters. The molecule has 0 aliphatic carbocycles. The average molecular weight is 251 g/mol. The summed E-state index contributed by atoms with van der Waals surface area (Å²) in [6.45, 7) is 5.38. The van der Waals surface area contributed by atoms with Crippen molar-refractivity contribution in [1.82, 2.24) is 15.2 Å². The van der Waals surface area contributed by atoms with Crippen LogP contribution in [0.1, 0.15) is 18.5 Å². The maximum atomic E-state index is 12.3. The number of hydrogen-bond acceptors (Lipinski definition) is 4. The van der Waals surface area contributed by atoms with Crippen LogP contribution in [0.3, 0.4) is 0 Å². The minimum absolute atomic E-state index is 0.114. The topological polar surface area (TPSA) is 45.2 Å². The van der Waals surface area contributed by atoms with Crippen LogP contribution in [0.5, 0.6) is 0 Å². The summed E-state index contributed by atoms with van der Waals surface area (Å²) in [5, 5.41) is 5.03. The third kappa shape index (κ3) is 2.73. The first-order valence-corrected chi connectivity index (χ1v) is 6.67. The van der Waals surface area contributed by atoms with E-state index < -0.39 is 0 Å². The maximum Gasteiger partial charge on any atom is 0.244 e. The first kappa shape index (κ1) is 12.3. The van der Waals surface area contributed by atoms with E-state index in [0.717, 1.165) is 30.7 Å². The van der Waals surface area contributed by atoms with E-state index in [1.165, 1.54) is 0 Å². The number of thiazole rings is 1. The number of rotatable bonds is 3. The summed E-state index contributed by atoms with van der Waals surface area (Å²) in [6.07, 6.45) is 1.89. The van der Waals surface area contributed by atoms with Gasteiger partial charge in [0.2, 0.25) is 5.91 Å². The molecule has 1 aliphatic heterocycles. The van der Waals surface area contributed by atoms with Crippen LogP contribution in [-0.4, -0.2) is 35.4 Å². The van der Waals surface area contributed by atoms with Crippen molar-refractivity contribution in [1.29, 1.82) is 0 Å². The van der Waals surface area contributed by atoms with Crippen molar-refractivity contribution in [3.8, 4) is 0 Å². The SMILES string of the molecule is C=C1CCCN(Cc2cscn2)C(=O)C1NC. The number of likely N-dealkylation sites (N-methyl/N-ethyl adjacent to an activating group) is 1. The van der Waals surface area contributed by atoms with Crippen molar-refractivity contribution in [3.05, 3.63) is 28.7 Å². The van der Waals surface area contributed by atoms with E-state index in [0.29, 0.717) is 6.54 Å². The summed E-state index contributed by atoms with van der Waals surface area (Å²) in [6, 6.07) is -0.240. The molecule has 1 aromatic heterocycles. The molecule has 17 heavy (non-hydrogen) atoms. The van der Waals surface area contributed by atoms with E-state index >= 15 is 0 Å². The first-order valence-electron chi connectivity index (χ1n) is 5.73. The van der Waals surface area contributed by atoms with Gasteiger partial charge in [0.1, 0.15) is 6.04 Å². The van der Waals surface area contributed by atoms with Gasteiger partial charge in [-0.3, -0.25) is 4.79 Å². The number of likely N-dealkylation sites (tertiary alicyclic amines) is 1. The third-order valence-electron chi connectivity index (χ3n) is 3.02. The molecule has 0 bridgehead atoms. The molecule has 0 saturated carbocycles. The van der Waals surface area contributed by atoms with E-state index in [4.69, 9.17) is 0 Å². The molecule has 1 unspecified atom stereocenters. The molecule has 0 spiro atoms. The molecule has 1 N–H and O–H groups in total. The van der Waals surface area contributed by atoms with Gasteiger partial charge in [-0.05, 0) is 19.9 Å². The lowest BCUT2D eigenvalue weighted by molar-refractivity contribution is -0.132. The van der Waals surface area contributed by atoms with Crippen molar-refractivity contribution in [3.63, 3.8) is 0 Å². The molecule has 5 heteroatoms. The fourth-order valence-electron chi connectivity index (χ4n) is 2.10. The minimum atomic E-state index is -0.240. The summed E-state index contributed by atoms with van der Waals surface area (Å²) in [5.41, 5.74) is 3.75. The number of amides is 1. The van der Waals surface area contributed by atoms with Gasteiger partial charge in [-0.25, -0.2) is 4.98 Å². The zero-order chi connectivity index (χ0) is 12.3. The molecule has 92 valence electrons. The molecule has 4 nitrogen and oxygen atoms in total. The number of carbonyl (C=O) groups is 1. The summed E-state index contributed by atoms with van der Waals surface area (Å²) in [4.78, 5) is 18.4. The Bertz CT molecular complexity index is 402.